The molecule has 0 spiro atoms. The summed E-state index contributed by atoms with van der Waals surface area (Å²) in [5.74, 6) is 0. The van der Waals surface area contributed by atoms with E-state index in [1.165, 1.54) is 0 Å². The summed E-state index contributed by atoms with van der Waals surface area (Å²) >= 11 is 0. The Morgan fingerprint density at radius 3 is 0.714 bits per heavy atom. The largest absolute Gasteiger partial charge is 4.00 e. The first-order chi connectivity index (χ1) is 2.83. The van der Waals surface area contributed by atoms with Crippen molar-refractivity contribution >= 4 is 15.4 Å². The van der Waals surface area contributed by atoms with Crippen LogP contribution in [-0.2, 0) is 19.8 Å². The summed E-state index contributed by atoms with van der Waals surface area (Å²) in [6, 6.07) is 0. The smallest absolute Gasteiger partial charge is 0.900 e. The summed E-state index contributed by atoms with van der Waals surface area (Å²) in [5.41, 5.74) is 0. The molecule has 0 fully saturated rings. The normalized spacial score (nSPS) is 4.00. The minimum atomic E-state index is -0.500. The van der Waals surface area contributed by atoms with Crippen molar-refractivity contribution in [2.24, 2.45) is 0 Å². The van der Waals surface area contributed by atoms with Gasteiger partial charge in [0.05, 0.1) is 0 Å². The molecule has 0 saturated heterocycles. The SMILES string of the molecule is [O-][B][O-].[O-][B][O-].[Os+4]. The summed E-state index contributed by atoms with van der Waals surface area (Å²) in [7, 11) is -1.00. The third-order valence-electron chi connectivity index (χ3n) is 0. The fourth-order valence-corrected chi connectivity index (χ4v) is 0. The molecule has 4 nitrogen and oxygen atoms in total. The van der Waals surface area contributed by atoms with Gasteiger partial charge in [0.25, 0.3) is 0 Å². The number of hydrogen-bond donors (Lipinski definition) is 0. The predicted octanol–water partition coefficient (Wildman–Crippen LogP) is -5.52. The summed E-state index contributed by atoms with van der Waals surface area (Å²) in [4.78, 5) is 0. The zero-order chi connectivity index (χ0) is 5.41. The predicted molar refractivity (Wildman–Crippen MR) is 11.5 cm³/mol. The van der Waals surface area contributed by atoms with Crippen LogP contribution in [0.4, 0.5) is 0 Å². The summed E-state index contributed by atoms with van der Waals surface area (Å²) in [6.07, 6.45) is 0. The van der Waals surface area contributed by atoms with Crippen molar-refractivity contribution in [2.75, 3.05) is 0 Å². The van der Waals surface area contributed by atoms with Gasteiger partial charge in [0, 0.05) is 0 Å². The molecule has 7 heavy (non-hydrogen) atoms. The maximum Gasteiger partial charge on any atom is 4.00 e. The molecule has 0 aliphatic heterocycles. The second-order valence-electron chi connectivity index (χ2n) is 0.192. The second-order valence-corrected chi connectivity index (χ2v) is 0.192. The Hall–Kier alpha value is 0.606. The van der Waals surface area contributed by atoms with Gasteiger partial charge in [-0.1, -0.05) is 0 Å². The van der Waals surface area contributed by atoms with Gasteiger partial charge >= 0.3 is 19.8 Å². The second kappa shape index (κ2) is 30.6. The molecule has 7 heteroatoms. The van der Waals surface area contributed by atoms with E-state index >= 15 is 0 Å². The molecule has 0 unspecified atom stereocenters. The van der Waals surface area contributed by atoms with E-state index in [2.05, 4.69) is 0 Å². The molecule has 0 aliphatic rings. The third-order valence-corrected chi connectivity index (χ3v) is 0. The zero-order valence-corrected chi connectivity index (χ0v) is 5.68. The molecule has 38 valence electrons. The first kappa shape index (κ1) is 15.6. The summed E-state index contributed by atoms with van der Waals surface area (Å²) in [6.45, 7) is 0. The minimum Gasteiger partial charge on any atom is -0.900 e. The molecule has 0 aromatic heterocycles. The van der Waals surface area contributed by atoms with Gasteiger partial charge < -0.3 is 20.1 Å². The molecule has 0 rings (SSSR count). The Morgan fingerprint density at radius 1 is 0.714 bits per heavy atom. The average Bonchev–Trinajstić information content (AvgIpc) is 1.39. The molecule has 0 saturated carbocycles. The fourth-order valence-electron chi connectivity index (χ4n) is 0. The first-order valence-electron chi connectivity index (χ1n) is 0.943. The van der Waals surface area contributed by atoms with E-state index in [9.17, 15) is 0 Å². The Balaban J connectivity index is -0.0000000400. The van der Waals surface area contributed by atoms with E-state index in [-0.39, 0.29) is 19.8 Å². The first-order valence-corrected chi connectivity index (χ1v) is 0.943. The standard InChI is InChI=1S/2BO2.Os/c2*2-1-3;/q2*-2;+4. The van der Waals surface area contributed by atoms with Crippen LogP contribution in [0.5, 0.6) is 0 Å². The van der Waals surface area contributed by atoms with E-state index in [0.717, 1.165) is 0 Å². The van der Waals surface area contributed by atoms with Crippen LogP contribution >= 0.6 is 0 Å². The monoisotopic (exact) mass is 278 g/mol. The van der Waals surface area contributed by atoms with Crippen LogP contribution in [0.25, 0.3) is 0 Å². The molecule has 0 aliphatic carbocycles. The van der Waals surface area contributed by atoms with Crippen molar-refractivity contribution in [1.29, 1.82) is 0 Å². The van der Waals surface area contributed by atoms with Crippen molar-refractivity contribution in [3.05, 3.63) is 0 Å². The van der Waals surface area contributed by atoms with E-state index in [1.807, 2.05) is 0 Å². The van der Waals surface area contributed by atoms with E-state index in [4.69, 9.17) is 20.1 Å². The van der Waals surface area contributed by atoms with Crippen LogP contribution < -0.4 is 20.1 Å². The van der Waals surface area contributed by atoms with Crippen molar-refractivity contribution < 1.29 is 39.9 Å². The van der Waals surface area contributed by atoms with Crippen molar-refractivity contribution in [1.82, 2.24) is 0 Å². The van der Waals surface area contributed by atoms with Gasteiger partial charge in [-0.05, 0) is 0 Å². The van der Waals surface area contributed by atoms with Gasteiger partial charge in [-0.2, -0.15) is 0 Å². The van der Waals surface area contributed by atoms with Gasteiger partial charge in [-0.3, -0.25) is 0 Å². The van der Waals surface area contributed by atoms with Gasteiger partial charge in [0.1, 0.15) is 0 Å². The average molecular weight is 276 g/mol. The topological polar surface area (TPSA) is 92.2 Å². The van der Waals surface area contributed by atoms with Gasteiger partial charge in [0.2, 0.25) is 0 Å². The Bertz CT molecular complexity index is 11.7. The number of hydrogen-bond acceptors (Lipinski definition) is 4. The van der Waals surface area contributed by atoms with E-state index in [0.29, 0.717) is 0 Å². The van der Waals surface area contributed by atoms with Crippen LogP contribution in [0.15, 0.2) is 0 Å². The Labute approximate surface area is 55.9 Å². The fraction of sp³-hybridized carbons (Fsp3) is 0. The Kier molecular flexibility index (Phi) is 68.3. The van der Waals surface area contributed by atoms with Crippen molar-refractivity contribution in [3.63, 3.8) is 0 Å². The molecule has 0 atom stereocenters. The van der Waals surface area contributed by atoms with Crippen molar-refractivity contribution in [2.45, 2.75) is 0 Å². The van der Waals surface area contributed by atoms with Crippen LogP contribution in [0, 0.1) is 0 Å². The zero-order valence-electron chi connectivity index (χ0n) is 3.14. The summed E-state index contributed by atoms with van der Waals surface area (Å²) in [5, 5.41) is 33.0. The molecular weight excluding hydrogens is 276 g/mol. The van der Waals surface area contributed by atoms with Crippen LogP contribution in [0.1, 0.15) is 0 Å². The number of rotatable bonds is 0. The van der Waals surface area contributed by atoms with Crippen LogP contribution in [0.3, 0.4) is 0 Å². The third kappa shape index (κ3) is 381. The van der Waals surface area contributed by atoms with Gasteiger partial charge in [-0.25, -0.2) is 15.4 Å². The minimum absolute atomic E-state index is 0. The molecule has 0 amide bonds. The maximum absolute atomic E-state index is 8.25. The quantitative estimate of drug-likeness (QED) is 0.412. The molecule has 0 N–H and O–H groups in total. The summed E-state index contributed by atoms with van der Waals surface area (Å²) < 4.78 is 0. The van der Waals surface area contributed by atoms with Crippen LogP contribution in [0.2, 0.25) is 0 Å². The van der Waals surface area contributed by atoms with E-state index in [1.54, 1.807) is 0 Å². The molecular formula is B2O4Os. The molecule has 0 heterocycles. The molecule has 2 radical (unpaired) electrons. The van der Waals surface area contributed by atoms with Crippen LogP contribution in [-0.4, -0.2) is 15.4 Å². The Morgan fingerprint density at radius 2 is 0.714 bits per heavy atom. The molecule has 0 aromatic rings. The van der Waals surface area contributed by atoms with Gasteiger partial charge in [0.15, 0.2) is 0 Å². The molecule has 0 bridgehead atoms. The van der Waals surface area contributed by atoms with E-state index < -0.39 is 15.4 Å². The van der Waals surface area contributed by atoms with Gasteiger partial charge in [-0.15, -0.1) is 0 Å². The molecule has 0 aromatic carbocycles. The maximum atomic E-state index is 8.25. The van der Waals surface area contributed by atoms with Crippen molar-refractivity contribution in [3.8, 4) is 0 Å².